The molecule has 1 rings (SSSR count). The second kappa shape index (κ2) is 11.0. The van der Waals surface area contributed by atoms with Crippen molar-refractivity contribution in [2.45, 2.75) is 40.3 Å². The van der Waals surface area contributed by atoms with E-state index in [1.54, 1.807) is 4.68 Å². The zero-order chi connectivity index (χ0) is 13.8. The minimum absolute atomic E-state index is 0.360. The van der Waals surface area contributed by atoms with Gasteiger partial charge in [0.1, 0.15) is 5.69 Å². The van der Waals surface area contributed by atoms with Crippen LogP contribution in [0, 0.1) is 0 Å². The van der Waals surface area contributed by atoms with E-state index in [0.29, 0.717) is 6.54 Å². The Kier molecular flexibility index (Phi) is 10.4. The van der Waals surface area contributed by atoms with Gasteiger partial charge < -0.3 is 10.6 Å². The Labute approximate surface area is 114 Å². The minimum atomic E-state index is -0.360. The molecule has 0 bridgehead atoms. The van der Waals surface area contributed by atoms with Gasteiger partial charge in [-0.2, -0.15) is 0 Å². The van der Waals surface area contributed by atoms with Crippen LogP contribution in [0.1, 0.15) is 32.9 Å². The van der Waals surface area contributed by atoms with Crippen molar-refractivity contribution in [2.24, 2.45) is 0 Å². The van der Waals surface area contributed by atoms with Crippen molar-refractivity contribution >= 4 is 17.9 Å². The normalized spacial score (nSPS) is 9.56. The second-order valence-corrected chi connectivity index (χ2v) is 3.74. The maximum absolute atomic E-state index is 10.6. The van der Waals surface area contributed by atoms with Gasteiger partial charge in [0.2, 0.25) is 0 Å². The van der Waals surface area contributed by atoms with Crippen LogP contribution >= 0.6 is 12.6 Å². The van der Waals surface area contributed by atoms with Crippen LogP contribution in [0.4, 0.5) is 4.79 Å². The zero-order valence-electron chi connectivity index (χ0n) is 11.3. The zero-order valence-corrected chi connectivity index (χ0v) is 12.2. The molecule has 2 N–H and O–H groups in total. The fourth-order valence-electron chi connectivity index (χ4n) is 1.24. The molecular formula is C11H23N5OS. The van der Waals surface area contributed by atoms with E-state index in [1.165, 1.54) is 0 Å². The minimum Gasteiger partial charge on any atom is -0.341 e. The molecule has 0 aliphatic carbocycles. The number of hydrogen-bond acceptors (Lipinski definition) is 4. The Morgan fingerprint density at radius 2 is 2.22 bits per heavy atom. The van der Waals surface area contributed by atoms with E-state index in [-0.39, 0.29) is 5.24 Å². The molecule has 0 aliphatic rings. The lowest BCUT2D eigenvalue weighted by molar-refractivity contribution is 0.260. The molecule has 0 fully saturated rings. The Morgan fingerprint density at radius 1 is 1.50 bits per heavy atom. The van der Waals surface area contributed by atoms with E-state index in [4.69, 9.17) is 0 Å². The number of carbonyl (C=O) groups is 1. The Bertz CT molecular complexity index is 329. The predicted molar refractivity (Wildman–Crippen MR) is 75.8 cm³/mol. The number of aromatic nitrogens is 3. The monoisotopic (exact) mass is 273 g/mol. The van der Waals surface area contributed by atoms with Gasteiger partial charge in [0, 0.05) is 6.54 Å². The van der Waals surface area contributed by atoms with Crippen molar-refractivity contribution in [2.75, 3.05) is 13.1 Å². The first-order valence-corrected chi connectivity index (χ1v) is 6.73. The van der Waals surface area contributed by atoms with Gasteiger partial charge >= 0.3 is 0 Å². The molecule has 7 heteroatoms. The number of rotatable bonds is 7. The van der Waals surface area contributed by atoms with Crippen molar-refractivity contribution in [3.05, 3.63) is 11.9 Å². The molecule has 18 heavy (non-hydrogen) atoms. The van der Waals surface area contributed by atoms with Gasteiger partial charge in [0.25, 0.3) is 5.24 Å². The number of carbonyl (C=O) groups excluding carboxylic acids is 1. The molecule has 0 aromatic carbocycles. The molecule has 0 aliphatic heterocycles. The summed E-state index contributed by atoms with van der Waals surface area (Å²) in [5, 5.41) is 13.3. The van der Waals surface area contributed by atoms with Gasteiger partial charge in [-0.05, 0) is 19.5 Å². The third-order valence-electron chi connectivity index (χ3n) is 2.00. The molecule has 1 aromatic rings. The van der Waals surface area contributed by atoms with Gasteiger partial charge in [-0.1, -0.05) is 38.6 Å². The highest BCUT2D eigenvalue weighted by Crippen LogP contribution is 1.94. The first-order chi connectivity index (χ1) is 8.72. The lowest BCUT2D eigenvalue weighted by Crippen LogP contribution is -2.16. The van der Waals surface area contributed by atoms with Gasteiger partial charge in [-0.25, -0.2) is 0 Å². The summed E-state index contributed by atoms with van der Waals surface area (Å²) in [5.41, 5.74) is 0.742. The number of thiol groups is 1. The van der Waals surface area contributed by atoms with E-state index >= 15 is 0 Å². The van der Waals surface area contributed by atoms with Crippen molar-refractivity contribution in [3.8, 4) is 0 Å². The van der Waals surface area contributed by atoms with Gasteiger partial charge in [0.15, 0.2) is 0 Å². The van der Waals surface area contributed by atoms with Crippen LogP contribution < -0.4 is 10.6 Å². The topological polar surface area (TPSA) is 71.8 Å². The van der Waals surface area contributed by atoms with E-state index in [0.717, 1.165) is 31.7 Å². The van der Waals surface area contributed by atoms with Crippen LogP contribution in [0.2, 0.25) is 0 Å². The summed E-state index contributed by atoms with van der Waals surface area (Å²) in [5.74, 6) is 0. The van der Waals surface area contributed by atoms with Gasteiger partial charge in [-0.15, -0.1) is 5.10 Å². The SMILES string of the molecule is CC.CCNCCCn1cc(CNC(=O)S)nn1. The average Bonchev–Trinajstić information content (AvgIpc) is 2.83. The number of amides is 1. The maximum atomic E-state index is 10.6. The Morgan fingerprint density at radius 3 is 2.83 bits per heavy atom. The van der Waals surface area contributed by atoms with E-state index < -0.39 is 0 Å². The van der Waals surface area contributed by atoms with Crippen LogP contribution in [0.3, 0.4) is 0 Å². The predicted octanol–water partition coefficient (Wildman–Crippen LogP) is 1.44. The lowest BCUT2D eigenvalue weighted by Gasteiger charge is -2.00. The molecule has 1 heterocycles. The molecule has 0 saturated heterocycles. The third-order valence-corrected chi connectivity index (χ3v) is 2.16. The highest BCUT2D eigenvalue weighted by molar-refractivity contribution is 7.96. The molecule has 1 aromatic heterocycles. The summed E-state index contributed by atoms with van der Waals surface area (Å²) in [4.78, 5) is 10.6. The molecule has 0 atom stereocenters. The van der Waals surface area contributed by atoms with Crippen molar-refractivity contribution < 1.29 is 4.79 Å². The molecule has 6 nitrogen and oxygen atoms in total. The van der Waals surface area contributed by atoms with Gasteiger partial charge in [-0.3, -0.25) is 9.48 Å². The van der Waals surface area contributed by atoms with Crippen LogP contribution in [-0.2, 0) is 13.1 Å². The number of hydrogen-bond donors (Lipinski definition) is 3. The van der Waals surface area contributed by atoms with Crippen LogP contribution in [0.15, 0.2) is 6.20 Å². The second-order valence-electron chi connectivity index (χ2n) is 3.34. The van der Waals surface area contributed by atoms with E-state index in [9.17, 15) is 4.79 Å². The summed E-state index contributed by atoms with van der Waals surface area (Å²) in [6.07, 6.45) is 2.84. The lowest BCUT2D eigenvalue weighted by atomic mass is 10.4. The first kappa shape index (κ1) is 16.9. The van der Waals surface area contributed by atoms with Crippen LogP contribution in [0.25, 0.3) is 0 Å². The van der Waals surface area contributed by atoms with Crippen molar-refractivity contribution in [1.29, 1.82) is 0 Å². The smallest absolute Gasteiger partial charge is 0.276 e. The summed E-state index contributed by atoms with van der Waals surface area (Å²) in [7, 11) is 0. The fraction of sp³-hybridized carbons (Fsp3) is 0.727. The summed E-state index contributed by atoms with van der Waals surface area (Å²) in [6, 6.07) is 0. The number of aryl methyl sites for hydroxylation is 1. The molecule has 0 spiro atoms. The summed E-state index contributed by atoms with van der Waals surface area (Å²) < 4.78 is 1.78. The Balaban J connectivity index is 0.00000137. The van der Waals surface area contributed by atoms with E-state index in [2.05, 4.69) is 40.5 Å². The quantitative estimate of drug-likeness (QED) is 0.519. The largest absolute Gasteiger partial charge is 0.341 e. The number of nitrogens with one attached hydrogen (secondary N) is 2. The van der Waals surface area contributed by atoms with Crippen LogP contribution in [0.5, 0.6) is 0 Å². The summed E-state index contributed by atoms with van der Waals surface area (Å²) in [6.45, 7) is 9.23. The first-order valence-electron chi connectivity index (χ1n) is 6.29. The average molecular weight is 273 g/mol. The summed E-state index contributed by atoms with van der Waals surface area (Å²) >= 11 is 3.60. The highest BCUT2D eigenvalue weighted by atomic mass is 32.1. The van der Waals surface area contributed by atoms with Crippen molar-refractivity contribution in [3.63, 3.8) is 0 Å². The molecule has 0 saturated carbocycles. The molecule has 0 unspecified atom stereocenters. The number of nitrogens with zero attached hydrogens (tertiary/aromatic N) is 3. The molecule has 104 valence electrons. The molecular weight excluding hydrogens is 250 g/mol. The van der Waals surface area contributed by atoms with Crippen molar-refractivity contribution in [1.82, 2.24) is 25.6 Å². The molecule has 1 amide bonds. The molecule has 0 radical (unpaired) electrons. The maximum Gasteiger partial charge on any atom is 0.276 e. The fourth-order valence-corrected chi connectivity index (χ4v) is 1.32. The Hall–Kier alpha value is -1.08. The van der Waals surface area contributed by atoms with Gasteiger partial charge in [0.05, 0.1) is 12.7 Å². The van der Waals surface area contributed by atoms with E-state index in [1.807, 2.05) is 20.0 Å². The standard InChI is InChI=1S/C9H17N5OS.C2H6/c1-2-10-4-3-5-14-7-8(12-13-14)6-11-9(15)16;1-2/h7,10H,2-6H2,1H3,(H2,11,15,16);1-2H3. The third kappa shape index (κ3) is 8.08. The van der Waals surface area contributed by atoms with Crippen LogP contribution in [-0.4, -0.2) is 33.3 Å². The highest BCUT2D eigenvalue weighted by Gasteiger charge is 2.01.